The Balaban J connectivity index is 1.45. The van der Waals surface area contributed by atoms with Gasteiger partial charge in [0.05, 0.1) is 18.1 Å². The zero-order valence-electron chi connectivity index (χ0n) is 17.4. The molecule has 0 saturated carbocycles. The number of hydrogen-bond acceptors (Lipinski definition) is 6. The molecule has 1 aliphatic rings. The summed E-state index contributed by atoms with van der Waals surface area (Å²) in [6, 6.07) is 15.5. The lowest BCUT2D eigenvalue weighted by atomic mass is 10.2. The van der Waals surface area contributed by atoms with Gasteiger partial charge in [-0.25, -0.2) is 0 Å². The van der Waals surface area contributed by atoms with Crippen LogP contribution in [0.5, 0.6) is 11.5 Å². The highest BCUT2D eigenvalue weighted by Crippen LogP contribution is 2.34. The standard InChI is InChI=1S/C24H25NO4S2/c1-3-12-25-23(26)22(31-24(25)30)17-19-6-4-5-7-21(19)29-16-14-27-13-15-28-20-10-8-18(2)9-11-20/h3-11,17H,1,12-16H2,2H3/b22-17-. The summed E-state index contributed by atoms with van der Waals surface area (Å²) in [5, 5.41) is 0. The molecule has 0 N–H and O–H groups in total. The van der Waals surface area contributed by atoms with Crippen molar-refractivity contribution in [3.63, 3.8) is 0 Å². The minimum Gasteiger partial charge on any atom is -0.491 e. The highest BCUT2D eigenvalue weighted by atomic mass is 32.2. The van der Waals surface area contributed by atoms with Crippen LogP contribution in [0.15, 0.2) is 66.1 Å². The maximum absolute atomic E-state index is 12.5. The number of benzene rings is 2. The molecule has 1 saturated heterocycles. The lowest BCUT2D eigenvalue weighted by Crippen LogP contribution is -2.27. The van der Waals surface area contributed by atoms with Gasteiger partial charge in [0.25, 0.3) is 5.91 Å². The zero-order chi connectivity index (χ0) is 22.1. The predicted octanol–water partition coefficient (Wildman–Crippen LogP) is 4.86. The number of carbonyl (C=O) groups excluding carboxylic acids is 1. The molecule has 1 fully saturated rings. The Bertz CT molecular complexity index is 956. The second kappa shape index (κ2) is 11.7. The molecule has 0 aliphatic carbocycles. The fourth-order valence-electron chi connectivity index (χ4n) is 2.82. The van der Waals surface area contributed by atoms with Gasteiger partial charge in [0.15, 0.2) is 0 Å². The first-order valence-electron chi connectivity index (χ1n) is 9.94. The number of carbonyl (C=O) groups is 1. The molecule has 1 amide bonds. The summed E-state index contributed by atoms with van der Waals surface area (Å²) in [5.41, 5.74) is 2.02. The van der Waals surface area contributed by atoms with Crippen molar-refractivity contribution in [1.29, 1.82) is 0 Å². The Morgan fingerprint density at radius 1 is 1.03 bits per heavy atom. The average Bonchev–Trinajstić information content (AvgIpc) is 3.03. The van der Waals surface area contributed by atoms with Gasteiger partial charge in [0.1, 0.15) is 29.0 Å². The molecule has 162 valence electrons. The van der Waals surface area contributed by atoms with Crippen LogP contribution in [0.25, 0.3) is 6.08 Å². The summed E-state index contributed by atoms with van der Waals surface area (Å²) in [5.74, 6) is 1.41. The van der Waals surface area contributed by atoms with Crippen LogP contribution in [-0.4, -0.2) is 48.1 Å². The van der Waals surface area contributed by atoms with Gasteiger partial charge >= 0.3 is 0 Å². The minimum absolute atomic E-state index is 0.110. The highest BCUT2D eigenvalue weighted by Gasteiger charge is 2.31. The largest absolute Gasteiger partial charge is 0.491 e. The normalized spacial score (nSPS) is 14.9. The number of ether oxygens (including phenoxy) is 3. The number of thiocarbonyl (C=S) groups is 1. The van der Waals surface area contributed by atoms with E-state index in [-0.39, 0.29) is 5.91 Å². The fraction of sp³-hybridized carbons (Fsp3) is 0.250. The van der Waals surface area contributed by atoms with Crippen LogP contribution in [0.1, 0.15) is 11.1 Å². The molecular weight excluding hydrogens is 430 g/mol. The average molecular weight is 456 g/mol. The van der Waals surface area contributed by atoms with Gasteiger partial charge in [-0.3, -0.25) is 9.69 Å². The molecule has 7 heteroatoms. The molecule has 2 aromatic rings. The van der Waals surface area contributed by atoms with Crippen LogP contribution in [0.3, 0.4) is 0 Å². The summed E-state index contributed by atoms with van der Waals surface area (Å²) in [6.07, 6.45) is 3.48. The quantitative estimate of drug-likeness (QED) is 0.209. The molecule has 0 radical (unpaired) electrons. The Morgan fingerprint density at radius 3 is 2.48 bits per heavy atom. The third kappa shape index (κ3) is 6.69. The van der Waals surface area contributed by atoms with E-state index in [2.05, 4.69) is 6.58 Å². The number of aryl methyl sites for hydroxylation is 1. The number of amides is 1. The predicted molar refractivity (Wildman–Crippen MR) is 130 cm³/mol. The van der Waals surface area contributed by atoms with Gasteiger partial charge in [0.2, 0.25) is 0 Å². The van der Waals surface area contributed by atoms with Crippen molar-refractivity contribution < 1.29 is 19.0 Å². The number of para-hydroxylation sites is 1. The zero-order valence-corrected chi connectivity index (χ0v) is 19.0. The Labute approximate surface area is 192 Å². The van der Waals surface area contributed by atoms with Gasteiger partial charge < -0.3 is 14.2 Å². The van der Waals surface area contributed by atoms with E-state index in [1.54, 1.807) is 6.08 Å². The number of hydrogen-bond donors (Lipinski definition) is 0. The van der Waals surface area contributed by atoms with E-state index in [1.807, 2.05) is 61.5 Å². The number of rotatable bonds is 11. The van der Waals surface area contributed by atoms with Gasteiger partial charge in [-0.15, -0.1) is 6.58 Å². The van der Waals surface area contributed by atoms with E-state index < -0.39 is 0 Å². The van der Waals surface area contributed by atoms with Crippen LogP contribution < -0.4 is 9.47 Å². The van der Waals surface area contributed by atoms with Crippen LogP contribution in [0.2, 0.25) is 0 Å². The topological polar surface area (TPSA) is 48.0 Å². The van der Waals surface area contributed by atoms with Gasteiger partial charge in [-0.2, -0.15) is 0 Å². The Hall–Kier alpha value is -2.61. The Kier molecular flexibility index (Phi) is 8.70. The third-order valence-electron chi connectivity index (χ3n) is 4.39. The Morgan fingerprint density at radius 2 is 1.74 bits per heavy atom. The molecule has 0 spiro atoms. The molecule has 0 unspecified atom stereocenters. The lowest BCUT2D eigenvalue weighted by Gasteiger charge is -2.11. The molecule has 3 rings (SSSR count). The van der Waals surface area contributed by atoms with Crippen LogP contribution >= 0.6 is 24.0 Å². The first-order valence-corrected chi connectivity index (χ1v) is 11.2. The maximum atomic E-state index is 12.5. The monoisotopic (exact) mass is 455 g/mol. The summed E-state index contributed by atoms with van der Waals surface area (Å²) >= 11 is 6.58. The molecular formula is C24H25NO4S2. The molecule has 0 atom stereocenters. The maximum Gasteiger partial charge on any atom is 0.266 e. The summed E-state index contributed by atoms with van der Waals surface area (Å²) in [7, 11) is 0. The first kappa shape index (κ1) is 23.1. The van der Waals surface area contributed by atoms with Crippen molar-refractivity contribution in [2.45, 2.75) is 6.92 Å². The molecule has 5 nitrogen and oxygen atoms in total. The van der Waals surface area contributed by atoms with Crippen molar-refractivity contribution in [3.05, 3.63) is 77.2 Å². The number of thioether (sulfide) groups is 1. The van der Waals surface area contributed by atoms with E-state index in [1.165, 1.54) is 22.2 Å². The van der Waals surface area contributed by atoms with Crippen molar-refractivity contribution in [2.24, 2.45) is 0 Å². The van der Waals surface area contributed by atoms with Crippen molar-refractivity contribution >= 4 is 40.3 Å². The van der Waals surface area contributed by atoms with Crippen LogP contribution in [0.4, 0.5) is 0 Å². The SMILES string of the molecule is C=CCN1C(=O)/C(=C/c2ccccc2OCCOCCOc2ccc(C)cc2)SC1=S. The first-order chi connectivity index (χ1) is 15.1. The van der Waals surface area contributed by atoms with Crippen LogP contribution in [-0.2, 0) is 9.53 Å². The van der Waals surface area contributed by atoms with E-state index in [4.69, 9.17) is 26.4 Å². The highest BCUT2D eigenvalue weighted by molar-refractivity contribution is 8.26. The molecule has 0 bridgehead atoms. The minimum atomic E-state index is -0.110. The molecule has 1 heterocycles. The van der Waals surface area contributed by atoms with Gasteiger partial charge in [-0.1, -0.05) is 66.0 Å². The second-order valence-electron chi connectivity index (χ2n) is 6.74. The van der Waals surface area contributed by atoms with E-state index in [0.717, 1.165) is 11.3 Å². The smallest absolute Gasteiger partial charge is 0.266 e. The van der Waals surface area contributed by atoms with E-state index in [9.17, 15) is 4.79 Å². The molecule has 0 aromatic heterocycles. The molecule has 1 aliphatic heterocycles. The summed E-state index contributed by atoms with van der Waals surface area (Å²) < 4.78 is 17.6. The second-order valence-corrected chi connectivity index (χ2v) is 8.42. The summed E-state index contributed by atoms with van der Waals surface area (Å²) in [4.78, 5) is 14.6. The van der Waals surface area contributed by atoms with Crippen molar-refractivity contribution in [1.82, 2.24) is 4.90 Å². The van der Waals surface area contributed by atoms with E-state index in [0.29, 0.717) is 47.9 Å². The van der Waals surface area contributed by atoms with Crippen LogP contribution in [0, 0.1) is 6.92 Å². The number of nitrogens with zero attached hydrogens (tertiary/aromatic N) is 1. The van der Waals surface area contributed by atoms with Crippen molar-refractivity contribution in [3.8, 4) is 11.5 Å². The summed E-state index contributed by atoms with van der Waals surface area (Å²) in [6.45, 7) is 7.91. The van der Waals surface area contributed by atoms with Crippen molar-refractivity contribution in [2.75, 3.05) is 33.0 Å². The molecule has 31 heavy (non-hydrogen) atoms. The van der Waals surface area contributed by atoms with Gasteiger partial charge in [0, 0.05) is 12.1 Å². The van der Waals surface area contributed by atoms with Gasteiger partial charge in [-0.05, 0) is 31.2 Å². The third-order valence-corrected chi connectivity index (χ3v) is 5.77. The van der Waals surface area contributed by atoms with E-state index >= 15 is 0 Å². The fourth-order valence-corrected chi connectivity index (χ4v) is 4.09. The lowest BCUT2D eigenvalue weighted by molar-refractivity contribution is -0.121. The molecule has 2 aromatic carbocycles.